The van der Waals surface area contributed by atoms with E-state index in [1.54, 1.807) is 11.3 Å². The van der Waals surface area contributed by atoms with Crippen LogP contribution >= 0.6 is 22.9 Å². The van der Waals surface area contributed by atoms with Gasteiger partial charge < -0.3 is 4.90 Å². The van der Waals surface area contributed by atoms with Crippen molar-refractivity contribution in [2.24, 2.45) is 0 Å². The molecule has 2 aromatic heterocycles. The van der Waals surface area contributed by atoms with Crippen LogP contribution in [0.1, 0.15) is 34.6 Å². The Morgan fingerprint density at radius 2 is 2.05 bits per heavy atom. The maximum Gasteiger partial charge on any atom is 0.256 e. The molecule has 0 spiro atoms. The fraction of sp³-hybridized carbons (Fsp3) is 0.467. The minimum atomic E-state index is 0.129. The maximum absolute atomic E-state index is 12.5. The van der Waals surface area contributed by atoms with Crippen molar-refractivity contribution in [3.63, 3.8) is 0 Å². The number of amides is 1. The van der Waals surface area contributed by atoms with Crippen molar-refractivity contribution in [1.29, 1.82) is 0 Å². The molecule has 1 fully saturated rings. The zero-order valence-corrected chi connectivity index (χ0v) is 13.9. The van der Waals surface area contributed by atoms with Gasteiger partial charge in [0.1, 0.15) is 0 Å². The number of piperazine rings is 1. The molecule has 1 aliphatic heterocycles. The Hall–Kier alpha value is -1.24. The number of carbonyl (C=O) groups excluding carboxylic acids is 1. The van der Waals surface area contributed by atoms with Crippen molar-refractivity contribution in [1.82, 2.24) is 14.2 Å². The summed E-state index contributed by atoms with van der Waals surface area (Å²) in [5.74, 6) is 0.129. The van der Waals surface area contributed by atoms with Crippen LogP contribution in [0, 0.1) is 6.92 Å². The highest BCUT2D eigenvalue weighted by Crippen LogP contribution is 2.24. The predicted molar refractivity (Wildman–Crippen MR) is 87.1 cm³/mol. The lowest BCUT2D eigenvalue weighted by Gasteiger charge is -2.37. The summed E-state index contributed by atoms with van der Waals surface area (Å²) in [5.41, 5.74) is 2.98. The van der Waals surface area contributed by atoms with E-state index in [0.29, 0.717) is 6.04 Å². The van der Waals surface area contributed by atoms with Gasteiger partial charge in [0.2, 0.25) is 0 Å². The molecule has 1 unspecified atom stereocenters. The van der Waals surface area contributed by atoms with Crippen LogP contribution in [0.4, 0.5) is 0 Å². The van der Waals surface area contributed by atoms with Gasteiger partial charge in [0.25, 0.3) is 5.91 Å². The van der Waals surface area contributed by atoms with Crippen molar-refractivity contribution in [2.75, 3.05) is 26.2 Å². The number of hydrogen-bond acceptors (Lipinski definition) is 5. The summed E-state index contributed by atoms with van der Waals surface area (Å²) in [6, 6.07) is 2.62. The molecule has 0 aromatic carbocycles. The molecule has 1 atom stereocenters. The molecule has 0 bridgehead atoms. The number of carbonyl (C=O) groups is 1. The van der Waals surface area contributed by atoms with E-state index in [1.807, 2.05) is 17.2 Å². The number of aryl methyl sites for hydroxylation is 1. The summed E-state index contributed by atoms with van der Waals surface area (Å²) in [7, 11) is 0. The summed E-state index contributed by atoms with van der Waals surface area (Å²) in [6.45, 7) is 7.59. The molecule has 0 radical (unpaired) electrons. The van der Waals surface area contributed by atoms with E-state index in [-0.39, 0.29) is 5.91 Å². The van der Waals surface area contributed by atoms with E-state index in [4.69, 9.17) is 0 Å². The van der Waals surface area contributed by atoms with Crippen LogP contribution in [-0.2, 0) is 0 Å². The molecule has 6 heteroatoms. The minimum absolute atomic E-state index is 0.129. The predicted octanol–water partition coefficient (Wildman–Crippen LogP) is 3.03. The molecule has 4 nitrogen and oxygen atoms in total. The maximum atomic E-state index is 12.5. The van der Waals surface area contributed by atoms with E-state index in [2.05, 4.69) is 33.0 Å². The van der Waals surface area contributed by atoms with Crippen LogP contribution in [0.5, 0.6) is 0 Å². The standard InChI is InChI=1S/C15H19N3OS2/c1-11-14(10-21-16-11)15(19)18-6-4-17(5-7-18)12(2)13-3-8-20-9-13/h3,8-10,12H,4-7H2,1-2H3. The topological polar surface area (TPSA) is 36.4 Å². The van der Waals surface area contributed by atoms with Crippen LogP contribution in [0.3, 0.4) is 0 Å². The highest BCUT2D eigenvalue weighted by molar-refractivity contribution is 7.08. The second-order valence-corrected chi connectivity index (χ2v) is 6.78. The molecule has 3 heterocycles. The van der Waals surface area contributed by atoms with E-state index in [9.17, 15) is 4.79 Å². The van der Waals surface area contributed by atoms with E-state index < -0.39 is 0 Å². The first-order valence-electron chi connectivity index (χ1n) is 7.13. The van der Waals surface area contributed by atoms with E-state index >= 15 is 0 Å². The van der Waals surface area contributed by atoms with Gasteiger partial charge >= 0.3 is 0 Å². The Morgan fingerprint density at radius 3 is 2.62 bits per heavy atom. The zero-order chi connectivity index (χ0) is 14.8. The summed E-state index contributed by atoms with van der Waals surface area (Å²) >= 11 is 3.10. The van der Waals surface area contributed by atoms with E-state index in [1.165, 1.54) is 17.1 Å². The lowest BCUT2D eigenvalue weighted by atomic mass is 10.1. The van der Waals surface area contributed by atoms with Crippen molar-refractivity contribution >= 4 is 28.8 Å². The number of aromatic nitrogens is 1. The molecule has 0 saturated carbocycles. The second-order valence-electron chi connectivity index (χ2n) is 5.37. The number of rotatable bonds is 3. The normalized spacial score (nSPS) is 17.9. The van der Waals surface area contributed by atoms with Crippen molar-refractivity contribution in [3.8, 4) is 0 Å². The summed E-state index contributed by atoms with van der Waals surface area (Å²) in [6.07, 6.45) is 0. The average Bonchev–Trinajstić information content (AvgIpc) is 3.17. The summed E-state index contributed by atoms with van der Waals surface area (Å²) in [5, 5.41) is 6.19. The quantitative estimate of drug-likeness (QED) is 0.872. The lowest BCUT2D eigenvalue weighted by Crippen LogP contribution is -2.49. The third kappa shape index (κ3) is 3.02. The fourth-order valence-electron chi connectivity index (χ4n) is 2.70. The summed E-state index contributed by atoms with van der Waals surface area (Å²) < 4.78 is 4.19. The Balaban J connectivity index is 1.60. The first kappa shape index (κ1) is 14.7. The van der Waals surface area contributed by atoms with Gasteiger partial charge in [-0.05, 0) is 47.8 Å². The van der Waals surface area contributed by atoms with Gasteiger partial charge in [-0.3, -0.25) is 9.69 Å². The van der Waals surface area contributed by atoms with Gasteiger partial charge in [0.05, 0.1) is 11.3 Å². The van der Waals surface area contributed by atoms with Crippen molar-refractivity contribution < 1.29 is 4.79 Å². The van der Waals surface area contributed by atoms with Gasteiger partial charge in [-0.2, -0.15) is 15.7 Å². The lowest BCUT2D eigenvalue weighted by molar-refractivity contribution is 0.0582. The van der Waals surface area contributed by atoms with Crippen LogP contribution in [0.15, 0.2) is 22.2 Å². The Kier molecular flexibility index (Phi) is 4.37. The Labute approximate surface area is 133 Å². The monoisotopic (exact) mass is 321 g/mol. The molecule has 1 aliphatic rings. The molecule has 2 aromatic rings. The van der Waals surface area contributed by atoms with Crippen molar-refractivity contribution in [3.05, 3.63) is 39.0 Å². The average molecular weight is 321 g/mol. The molecule has 0 N–H and O–H groups in total. The number of thiophene rings is 1. The van der Waals surface area contributed by atoms with Crippen LogP contribution in [-0.4, -0.2) is 46.3 Å². The third-order valence-electron chi connectivity index (χ3n) is 4.16. The number of nitrogens with zero attached hydrogens (tertiary/aromatic N) is 3. The number of hydrogen-bond donors (Lipinski definition) is 0. The van der Waals surface area contributed by atoms with Gasteiger partial charge in [-0.25, -0.2) is 0 Å². The van der Waals surface area contributed by atoms with Crippen LogP contribution in [0.25, 0.3) is 0 Å². The highest BCUT2D eigenvalue weighted by Gasteiger charge is 2.26. The fourth-order valence-corrected chi connectivity index (χ4v) is 4.14. The molecule has 3 rings (SSSR count). The first-order chi connectivity index (χ1) is 10.2. The molecular formula is C15H19N3OS2. The highest BCUT2D eigenvalue weighted by atomic mass is 32.1. The minimum Gasteiger partial charge on any atom is -0.336 e. The molecule has 112 valence electrons. The molecule has 1 saturated heterocycles. The first-order valence-corrected chi connectivity index (χ1v) is 8.91. The molecular weight excluding hydrogens is 302 g/mol. The third-order valence-corrected chi connectivity index (χ3v) is 5.58. The molecule has 1 amide bonds. The van der Waals surface area contributed by atoms with Crippen LogP contribution < -0.4 is 0 Å². The summed E-state index contributed by atoms with van der Waals surface area (Å²) in [4.78, 5) is 16.9. The SMILES string of the molecule is Cc1nscc1C(=O)N1CCN(C(C)c2ccsc2)CC1. The largest absolute Gasteiger partial charge is 0.336 e. The van der Waals surface area contributed by atoms with Gasteiger partial charge in [-0.1, -0.05) is 0 Å². The Bertz CT molecular complexity index is 600. The molecule has 21 heavy (non-hydrogen) atoms. The van der Waals surface area contributed by atoms with E-state index in [0.717, 1.165) is 37.4 Å². The van der Waals surface area contributed by atoms with Crippen molar-refractivity contribution in [2.45, 2.75) is 19.9 Å². The van der Waals surface area contributed by atoms with Gasteiger partial charge in [0.15, 0.2) is 0 Å². The molecule has 0 aliphatic carbocycles. The zero-order valence-electron chi connectivity index (χ0n) is 12.3. The van der Waals surface area contributed by atoms with Crippen LogP contribution in [0.2, 0.25) is 0 Å². The smallest absolute Gasteiger partial charge is 0.256 e. The van der Waals surface area contributed by atoms with Gasteiger partial charge in [0, 0.05) is 37.6 Å². The van der Waals surface area contributed by atoms with Gasteiger partial charge in [-0.15, -0.1) is 0 Å². The Morgan fingerprint density at radius 1 is 1.29 bits per heavy atom. The second kappa shape index (κ2) is 6.25.